The summed E-state index contributed by atoms with van der Waals surface area (Å²) in [6, 6.07) is 0.217. The zero-order valence-corrected chi connectivity index (χ0v) is 7.83. The fourth-order valence-corrected chi connectivity index (χ4v) is 1.76. The van der Waals surface area contributed by atoms with E-state index in [2.05, 4.69) is 5.92 Å². The fourth-order valence-electron chi connectivity index (χ4n) is 1.76. The molecule has 0 bridgehead atoms. The summed E-state index contributed by atoms with van der Waals surface area (Å²) >= 11 is 0. The average Bonchev–Trinajstić information content (AvgIpc) is 2.18. The molecule has 0 radical (unpaired) electrons. The molecule has 0 spiro atoms. The van der Waals surface area contributed by atoms with Gasteiger partial charge in [-0.15, -0.1) is 6.42 Å². The highest BCUT2D eigenvalue weighted by Gasteiger charge is 2.24. The van der Waals surface area contributed by atoms with Crippen LogP contribution in [0.5, 0.6) is 0 Å². The van der Waals surface area contributed by atoms with Crippen molar-refractivity contribution in [2.75, 3.05) is 13.1 Å². The van der Waals surface area contributed by atoms with Gasteiger partial charge < -0.3 is 10.6 Å². The maximum Gasteiger partial charge on any atom is 0.234 e. The van der Waals surface area contributed by atoms with Crippen LogP contribution >= 0.6 is 0 Å². The highest BCUT2D eigenvalue weighted by atomic mass is 16.2. The van der Waals surface area contributed by atoms with E-state index < -0.39 is 0 Å². The third kappa shape index (κ3) is 2.46. The average molecular weight is 180 g/mol. The number of piperidine rings is 1. The number of likely N-dealkylation sites (tertiary alicyclic amines) is 1. The minimum atomic E-state index is 0.0534. The third-order valence-corrected chi connectivity index (χ3v) is 2.47. The monoisotopic (exact) mass is 180 g/mol. The zero-order chi connectivity index (χ0) is 9.68. The molecule has 0 aromatic heterocycles. The van der Waals surface area contributed by atoms with Crippen molar-refractivity contribution in [2.45, 2.75) is 31.7 Å². The smallest absolute Gasteiger partial charge is 0.234 e. The first-order valence-electron chi connectivity index (χ1n) is 4.72. The first-order chi connectivity index (χ1) is 6.29. The molecule has 0 aromatic rings. The van der Waals surface area contributed by atoms with E-state index in [0.717, 1.165) is 19.4 Å². The van der Waals surface area contributed by atoms with Crippen LogP contribution in [0, 0.1) is 12.3 Å². The van der Waals surface area contributed by atoms with Crippen molar-refractivity contribution in [3.05, 3.63) is 0 Å². The van der Waals surface area contributed by atoms with Gasteiger partial charge in [0.05, 0.1) is 6.42 Å². The van der Waals surface area contributed by atoms with Gasteiger partial charge in [-0.2, -0.15) is 0 Å². The van der Waals surface area contributed by atoms with E-state index in [-0.39, 0.29) is 18.4 Å². The molecule has 2 N–H and O–H groups in total. The van der Waals surface area contributed by atoms with Gasteiger partial charge in [0.1, 0.15) is 0 Å². The van der Waals surface area contributed by atoms with Crippen molar-refractivity contribution < 1.29 is 4.79 Å². The SMILES string of the molecule is C#CCC(=O)N1CCCCC1CN. The van der Waals surface area contributed by atoms with Gasteiger partial charge in [0.2, 0.25) is 5.91 Å². The molecule has 72 valence electrons. The molecule has 1 saturated heterocycles. The van der Waals surface area contributed by atoms with E-state index in [4.69, 9.17) is 12.2 Å². The summed E-state index contributed by atoms with van der Waals surface area (Å²) in [6.07, 6.45) is 8.56. The van der Waals surface area contributed by atoms with Gasteiger partial charge in [0.15, 0.2) is 0 Å². The van der Waals surface area contributed by atoms with Crippen molar-refractivity contribution in [3.8, 4) is 12.3 Å². The second kappa shape index (κ2) is 4.88. The second-order valence-electron chi connectivity index (χ2n) is 3.35. The molecule has 1 aliphatic rings. The van der Waals surface area contributed by atoms with Crippen molar-refractivity contribution in [1.82, 2.24) is 4.90 Å². The number of carbonyl (C=O) groups excluding carboxylic acids is 1. The maximum absolute atomic E-state index is 11.5. The number of hydrogen-bond donors (Lipinski definition) is 1. The Labute approximate surface area is 79.3 Å². The summed E-state index contributed by atoms with van der Waals surface area (Å²) < 4.78 is 0. The van der Waals surface area contributed by atoms with Gasteiger partial charge in [-0.3, -0.25) is 4.79 Å². The summed E-state index contributed by atoms with van der Waals surface area (Å²) in [5.41, 5.74) is 5.58. The van der Waals surface area contributed by atoms with Crippen LogP contribution in [0.25, 0.3) is 0 Å². The Morgan fingerprint density at radius 3 is 3.00 bits per heavy atom. The van der Waals surface area contributed by atoms with Crippen LogP contribution in [0.1, 0.15) is 25.7 Å². The Bertz CT molecular complexity index is 219. The van der Waals surface area contributed by atoms with E-state index in [1.807, 2.05) is 4.90 Å². The first kappa shape index (κ1) is 10.1. The quantitative estimate of drug-likeness (QED) is 0.623. The van der Waals surface area contributed by atoms with Gasteiger partial charge in [0.25, 0.3) is 0 Å². The van der Waals surface area contributed by atoms with Crippen LogP contribution in [0.4, 0.5) is 0 Å². The van der Waals surface area contributed by atoms with Crippen LogP contribution in [0.15, 0.2) is 0 Å². The van der Waals surface area contributed by atoms with Gasteiger partial charge in [-0.1, -0.05) is 5.92 Å². The van der Waals surface area contributed by atoms with E-state index in [0.29, 0.717) is 6.54 Å². The molecule has 1 atom stereocenters. The Morgan fingerprint density at radius 1 is 1.62 bits per heavy atom. The van der Waals surface area contributed by atoms with Crippen molar-refractivity contribution in [3.63, 3.8) is 0 Å². The van der Waals surface area contributed by atoms with E-state index in [1.165, 1.54) is 6.42 Å². The number of amides is 1. The largest absolute Gasteiger partial charge is 0.338 e. The van der Waals surface area contributed by atoms with Gasteiger partial charge >= 0.3 is 0 Å². The molecule has 1 amide bonds. The van der Waals surface area contributed by atoms with Crippen LogP contribution < -0.4 is 5.73 Å². The maximum atomic E-state index is 11.5. The van der Waals surface area contributed by atoms with E-state index >= 15 is 0 Å². The molecule has 0 aromatic carbocycles. The molecular formula is C10H16N2O. The summed E-state index contributed by atoms with van der Waals surface area (Å²) in [7, 11) is 0. The summed E-state index contributed by atoms with van der Waals surface area (Å²) in [5.74, 6) is 2.43. The Balaban J connectivity index is 2.54. The minimum absolute atomic E-state index is 0.0534. The zero-order valence-electron chi connectivity index (χ0n) is 7.83. The van der Waals surface area contributed by atoms with Gasteiger partial charge in [-0.05, 0) is 19.3 Å². The molecule has 0 saturated carbocycles. The summed E-state index contributed by atoms with van der Waals surface area (Å²) in [4.78, 5) is 13.3. The van der Waals surface area contributed by atoms with Crippen molar-refractivity contribution in [1.29, 1.82) is 0 Å². The van der Waals surface area contributed by atoms with Gasteiger partial charge in [-0.25, -0.2) is 0 Å². The van der Waals surface area contributed by atoms with E-state index in [9.17, 15) is 4.79 Å². The molecule has 1 heterocycles. The van der Waals surface area contributed by atoms with Crippen LogP contribution in [-0.2, 0) is 4.79 Å². The van der Waals surface area contributed by atoms with Crippen molar-refractivity contribution in [2.24, 2.45) is 5.73 Å². The van der Waals surface area contributed by atoms with Crippen LogP contribution in [0.2, 0.25) is 0 Å². The summed E-state index contributed by atoms with van der Waals surface area (Å²) in [5, 5.41) is 0. The molecular weight excluding hydrogens is 164 g/mol. The second-order valence-corrected chi connectivity index (χ2v) is 3.35. The highest BCUT2D eigenvalue weighted by molar-refractivity contribution is 5.79. The lowest BCUT2D eigenvalue weighted by Crippen LogP contribution is -2.47. The van der Waals surface area contributed by atoms with Crippen LogP contribution in [0.3, 0.4) is 0 Å². The Hall–Kier alpha value is -1.01. The molecule has 1 aliphatic heterocycles. The normalized spacial score (nSPS) is 22.5. The lowest BCUT2D eigenvalue weighted by Gasteiger charge is -2.34. The molecule has 1 unspecified atom stereocenters. The van der Waals surface area contributed by atoms with Gasteiger partial charge in [0, 0.05) is 19.1 Å². The Kier molecular flexibility index (Phi) is 3.78. The van der Waals surface area contributed by atoms with Crippen LogP contribution in [-0.4, -0.2) is 29.9 Å². The first-order valence-corrected chi connectivity index (χ1v) is 4.72. The predicted molar refractivity (Wildman–Crippen MR) is 51.9 cm³/mol. The fraction of sp³-hybridized carbons (Fsp3) is 0.700. The predicted octanol–water partition coefficient (Wildman–Crippen LogP) is 0.350. The highest BCUT2D eigenvalue weighted by Crippen LogP contribution is 2.16. The molecule has 0 aliphatic carbocycles. The molecule has 1 fully saturated rings. The molecule has 1 rings (SSSR count). The van der Waals surface area contributed by atoms with E-state index in [1.54, 1.807) is 0 Å². The number of carbonyl (C=O) groups is 1. The molecule has 13 heavy (non-hydrogen) atoms. The van der Waals surface area contributed by atoms with Crippen molar-refractivity contribution >= 4 is 5.91 Å². The lowest BCUT2D eigenvalue weighted by atomic mass is 10.0. The molecule has 3 nitrogen and oxygen atoms in total. The third-order valence-electron chi connectivity index (χ3n) is 2.47. The number of nitrogens with two attached hydrogens (primary N) is 1. The lowest BCUT2D eigenvalue weighted by molar-refractivity contribution is -0.133. The number of rotatable bonds is 2. The molecule has 3 heteroatoms. The number of nitrogens with zero attached hydrogens (tertiary/aromatic N) is 1. The topological polar surface area (TPSA) is 46.3 Å². The summed E-state index contributed by atoms with van der Waals surface area (Å²) in [6.45, 7) is 1.37. The number of hydrogen-bond acceptors (Lipinski definition) is 2. The minimum Gasteiger partial charge on any atom is -0.338 e. The number of terminal acetylenes is 1. The Morgan fingerprint density at radius 2 is 2.38 bits per heavy atom. The standard InChI is InChI=1S/C10H16N2O/c1-2-5-10(13)12-7-4-3-6-9(12)8-11/h1,9H,3-8,11H2.